The molecule has 0 aromatic rings. The van der Waals surface area contributed by atoms with E-state index in [4.69, 9.17) is 4.74 Å². The zero-order valence-electron chi connectivity index (χ0n) is 15.0. The number of amides is 3. The largest absolute Gasteiger partial charge is 0.378 e. The molecule has 0 radical (unpaired) electrons. The molecule has 0 bridgehead atoms. The van der Waals surface area contributed by atoms with Gasteiger partial charge < -0.3 is 20.3 Å². The molecule has 4 unspecified atom stereocenters. The molecule has 4 aliphatic rings. The highest BCUT2D eigenvalue weighted by Crippen LogP contribution is 2.36. The fourth-order valence-electron chi connectivity index (χ4n) is 5.55. The summed E-state index contributed by atoms with van der Waals surface area (Å²) in [6.07, 6.45) is 10.6. The fourth-order valence-corrected chi connectivity index (χ4v) is 5.55. The first-order valence-corrected chi connectivity index (χ1v) is 10.2. The van der Waals surface area contributed by atoms with E-state index in [-0.39, 0.29) is 24.5 Å². The van der Waals surface area contributed by atoms with Crippen LogP contribution in [-0.4, -0.2) is 54.7 Å². The third-order valence-electron chi connectivity index (χ3n) is 6.83. The number of hydrogen-bond donors (Lipinski definition) is 2. The lowest BCUT2D eigenvalue weighted by molar-refractivity contribution is -0.131. The minimum absolute atomic E-state index is 0.0790. The van der Waals surface area contributed by atoms with Gasteiger partial charge in [0.2, 0.25) is 5.91 Å². The molecule has 2 aliphatic heterocycles. The van der Waals surface area contributed by atoms with Gasteiger partial charge in [-0.3, -0.25) is 4.79 Å². The maximum atomic E-state index is 12.5. The summed E-state index contributed by atoms with van der Waals surface area (Å²) in [6, 6.07) is 0.400. The average molecular weight is 349 g/mol. The highest BCUT2D eigenvalue weighted by atomic mass is 16.5. The molecule has 4 rings (SSSR count). The third-order valence-corrected chi connectivity index (χ3v) is 6.83. The lowest BCUT2D eigenvalue weighted by atomic mass is 9.82. The van der Waals surface area contributed by atoms with Crippen LogP contribution >= 0.6 is 0 Å². The van der Waals surface area contributed by atoms with Gasteiger partial charge in [-0.05, 0) is 50.9 Å². The van der Waals surface area contributed by atoms with Crippen molar-refractivity contribution in [1.29, 1.82) is 0 Å². The van der Waals surface area contributed by atoms with Crippen molar-refractivity contribution >= 4 is 11.9 Å². The van der Waals surface area contributed by atoms with Crippen molar-refractivity contribution in [2.24, 2.45) is 11.8 Å². The van der Waals surface area contributed by atoms with E-state index in [2.05, 4.69) is 10.6 Å². The molecule has 2 saturated heterocycles. The molecule has 3 amide bonds. The molecule has 6 heteroatoms. The van der Waals surface area contributed by atoms with Crippen LogP contribution in [0.5, 0.6) is 0 Å². The summed E-state index contributed by atoms with van der Waals surface area (Å²) in [5.74, 6) is 1.21. The van der Waals surface area contributed by atoms with Crippen molar-refractivity contribution < 1.29 is 14.3 Å². The number of carbonyl (C=O) groups is 2. The van der Waals surface area contributed by atoms with E-state index in [0.717, 1.165) is 51.7 Å². The zero-order chi connectivity index (χ0) is 17.2. The van der Waals surface area contributed by atoms with Gasteiger partial charge in [0.15, 0.2) is 0 Å². The first-order valence-electron chi connectivity index (χ1n) is 10.2. The number of nitrogens with zero attached hydrogens (tertiary/aromatic N) is 1. The zero-order valence-corrected chi connectivity index (χ0v) is 15.0. The lowest BCUT2D eigenvalue weighted by Crippen LogP contribution is -2.51. The Hall–Kier alpha value is -1.30. The Morgan fingerprint density at radius 3 is 2.80 bits per heavy atom. The molecule has 5 atom stereocenters. The summed E-state index contributed by atoms with van der Waals surface area (Å²) >= 11 is 0. The summed E-state index contributed by atoms with van der Waals surface area (Å²) in [5.41, 5.74) is 0. The average Bonchev–Trinajstić information content (AvgIpc) is 3.27. The Labute approximate surface area is 150 Å². The second-order valence-electron chi connectivity index (χ2n) is 8.21. The normalized spacial score (nSPS) is 37.3. The SMILES string of the molecule is O=C(NCC(=O)N1CCC2CCCCC21)N[C@H]1CCCC2OCCC21. The van der Waals surface area contributed by atoms with Crippen molar-refractivity contribution in [2.75, 3.05) is 19.7 Å². The topological polar surface area (TPSA) is 70.7 Å². The molecule has 4 fully saturated rings. The Morgan fingerprint density at radius 2 is 1.88 bits per heavy atom. The summed E-state index contributed by atoms with van der Waals surface area (Å²) in [5, 5.41) is 5.89. The van der Waals surface area contributed by atoms with Crippen LogP contribution < -0.4 is 10.6 Å². The van der Waals surface area contributed by atoms with Gasteiger partial charge in [-0.25, -0.2) is 4.79 Å². The molecule has 0 aromatic heterocycles. The van der Waals surface area contributed by atoms with Gasteiger partial charge in [-0.15, -0.1) is 0 Å². The molecule has 140 valence electrons. The minimum Gasteiger partial charge on any atom is -0.378 e. The first kappa shape index (κ1) is 17.1. The van der Waals surface area contributed by atoms with Crippen LogP contribution in [0.15, 0.2) is 0 Å². The number of carbonyl (C=O) groups excluding carboxylic acids is 2. The van der Waals surface area contributed by atoms with Gasteiger partial charge in [0, 0.05) is 31.2 Å². The smallest absolute Gasteiger partial charge is 0.315 e. The maximum absolute atomic E-state index is 12.5. The van der Waals surface area contributed by atoms with Crippen molar-refractivity contribution in [3.05, 3.63) is 0 Å². The molecular formula is C19H31N3O3. The standard InChI is InChI=1S/C19H31N3O3/c23-18(22-10-8-13-4-1-2-6-16(13)22)12-20-19(24)21-15-5-3-7-17-14(15)9-11-25-17/h13-17H,1-12H2,(H2,20,21,24)/t13?,14?,15-,16?,17?/m0/s1. The van der Waals surface area contributed by atoms with E-state index in [9.17, 15) is 9.59 Å². The highest BCUT2D eigenvalue weighted by Gasteiger charge is 2.39. The molecule has 2 aliphatic carbocycles. The number of rotatable bonds is 3. The predicted octanol–water partition coefficient (Wildman–Crippen LogP) is 2.03. The number of hydrogen-bond acceptors (Lipinski definition) is 3. The van der Waals surface area contributed by atoms with Gasteiger partial charge in [0.05, 0.1) is 12.6 Å². The summed E-state index contributed by atoms with van der Waals surface area (Å²) in [7, 11) is 0. The Balaban J connectivity index is 1.24. The van der Waals surface area contributed by atoms with Crippen LogP contribution in [0, 0.1) is 11.8 Å². The van der Waals surface area contributed by atoms with E-state index < -0.39 is 0 Å². The van der Waals surface area contributed by atoms with Crippen LogP contribution in [0.2, 0.25) is 0 Å². The predicted molar refractivity (Wildman–Crippen MR) is 94.1 cm³/mol. The molecule has 0 spiro atoms. The van der Waals surface area contributed by atoms with Crippen molar-refractivity contribution in [1.82, 2.24) is 15.5 Å². The van der Waals surface area contributed by atoms with Crippen molar-refractivity contribution in [3.63, 3.8) is 0 Å². The Kier molecular flexibility index (Phi) is 5.15. The molecule has 25 heavy (non-hydrogen) atoms. The van der Waals surface area contributed by atoms with Gasteiger partial charge in [0.25, 0.3) is 0 Å². The number of fused-ring (bicyclic) bond motifs is 2. The first-order chi connectivity index (χ1) is 12.2. The number of likely N-dealkylation sites (tertiary alicyclic amines) is 1. The Bertz CT molecular complexity index is 512. The summed E-state index contributed by atoms with van der Waals surface area (Å²) in [6.45, 7) is 1.79. The highest BCUT2D eigenvalue weighted by molar-refractivity contribution is 5.84. The summed E-state index contributed by atoms with van der Waals surface area (Å²) in [4.78, 5) is 26.8. The van der Waals surface area contributed by atoms with E-state index in [0.29, 0.717) is 24.0 Å². The molecule has 2 saturated carbocycles. The second kappa shape index (κ2) is 7.52. The number of ether oxygens (including phenoxy) is 1. The third kappa shape index (κ3) is 3.64. The van der Waals surface area contributed by atoms with E-state index in [1.165, 1.54) is 19.3 Å². The fraction of sp³-hybridized carbons (Fsp3) is 0.895. The number of nitrogens with one attached hydrogen (secondary N) is 2. The second-order valence-corrected chi connectivity index (χ2v) is 8.21. The van der Waals surface area contributed by atoms with Crippen LogP contribution in [0.4, 0.5) is 4.79 Å². The minimum atomic E-state index is -0.203. The molecule has 2 N–H and O–H groups in total. The van der Waals surface area contributed by atoms with Crippen LogP contribution in [0.1, 0.15) is 57.8 Å². The molecular weight excluding hydrogens is 318 g/mol. The molecule has 6 nitrogen and oxygen atoms in total. The van der Waals surface area contributed by atoms with Gasteiger partial charge in [0.1, 0.15) is 0 Å². The van der Waals surface area contributed by atoms with Crippen LogP contribution in [-0.2, 0) is 9.53 Å². The monoisotopic (exact) mass is 349 g/mol. The van der Waals surface area contributed by atoms with Gasteiger partial charge >= 0.3 is 6.03 Å². The lowest BCUT2D eigenvalue weighted by Gasteiger charge is -2.33. The van der Waals surface area contributed by atoms with E-state index >= 15 is 0 Å². The van der Waals surface area contributed by atoms with E-state index in [1.54, 1.807) is 0 Å². The Morgan fingerprint density at radius 1 is 1.00 bits per heavy atom. The summed E-state index contributed by atoms with van der Waals surface area (Å²) < 4.78 is 5.75. The number of urea groups is 1. The van der Waals surface area contributed by atoms with Crippen molar-refractivity contribution in [3.8, 4) is 0 Å². The van der Waals surface area contributed by atoms with Crippen molar-refractivity contribution in [2.45, 2.75) is 76.0 Å². The quantitative estimate of drug-likeness (QED) is 0.819. The maximum Gasteiger partial charge on any atom is 0.315 e. The van der Waals surface area contributed by atoms with Crippen LogP contribution in [0.3, 0.4) is 0 Å². The molecule has 2 heterocycles. The van der Waals surface area contributed by atoms with Crippen LogP contribution in [0.25, 0.3) is 0 Å². The molecule has 0 aromatic carbocycles. The van der Waals surface area contributed by atoms with Gasteiger partial charge in [-0.2, -0.15) is 0 Å². The van der Waals surface area contributed by atoms with Gasteiger partial charge in [-0.1, -0.05) is 12.8 Å². The van der Waals surface area contributed by atoms with E-state index in [1.807, 2.05) is 4.90 Å².